The van der Waals surface area contributed by atoms with Crippen LogP contribution in [-0.2, 0) is 5.41 Å². The first-order valence-electron chi connectivity index (χ1n) is 18.2. The maximum atomic E-state index is 6.58. The molecule has 1 nitrogen and oxygen atoms in total. The van der Waals surface area contributed by atoms with Gasteiger partial charge in [0.05, 0.1) is 0 Å². The molecule has 0 atom stereocenters. The Morgan fingerprint density at radius 1 is 0.346 bits per heavy atom. The topological polar surface area (TPSA) is 13.1 Å². The van der Waals surface area contributed by atoms with Crippen molar-refractivity contribution in [3.05, 3.63) is 181 Å². The van der Waals surface area contributed by atoms with Crippen molar-refractivity contribution in [1.29, 1.82) is 0 Å². The first-order chi connectivity index (χ1) is 25.5. The lowest BCUT2D eigenvalue weighted by Gasteiger charge is -2.21. The molecule has 1 aromatic heterocycles. The molecule has 0 saturated heterocycles. The first kappa shape index (κ1) is 29.3. The Balaban J connectivity index is 1.02. The first-order valence-corrected chi connectivity index (χ1v) is 18.2. The standard InChI is InChI=1S/C51H34O/c1-51(2)45-18-10-9-13-37(45)43-30-48-44(29-46(43)51)38-26-25-35(28-47(38)52-48)32-19-22-33(23-20-32)49-39-14-5-7-16-41(39)50(42-17-8-6-15-40(42)49)36-24-21-31-11-3-4-12-34(31)27-36/h3-30H,1-2H3. The van der Waals surface area contributed by atoms with E-state index in [-0.39, 0.29) is 5.41 Å². The molecule has 0 unspecified atom stereocenters. The van der Waals surface area contributed by atoms with Gasteiger partial charge in [0, 0.05) is 16.2 Å². The van der Waals surface area contributed by atoms with E-state index in [0.717, 1.165) is 22.1 Å². The lowest BCUT2D eigenvalue weighted by Crippen LogP contribution is -2.14. The molecule has 1 aliphatic rings. The van der Waals surface area contributed by atoms with Crippen LogP contribution in [0.25, 0.3) is 98.8 Å². The summed E-state index contributed by atoms with van der Waals surface area (Å²) in [5.41, 5.74) is 14.5. The van der Waals surface area contributed by atoms with Gasteiger partial charge >= 0.3 is 0 Å². The minimum atomic E-state index is -0.0429. The molecule has 11 rings (SSSR count). The molecule has 0 aliphatic heterocycles. The van der Waals surface area contributed by atoms with Crippen molar-refractivity contribution in [1.82, 2.24) is 0 Å². The van der Waals surface area contributed by atoms with E-state index in [1.807, 2.05) is 0 Å². The molecule has 244 valence electrons. The third-order valence-electron chi connectivity index (χ3n) is 11.7. The van der Waals surface area contributed by atoms with Crippen LogP contribution < -0.4 is 0 Å². The number of furan rings is 1. The Bertz CT molecular complexity index is 3030. The predicted octanol–water partition coefficient (Wildman–Crippen LogP) is 14.4. The molecular weight excluding hydrogens is 629 g/mol. The van der Waals surface area contributed by atoms with Gasteiger partial charge in [0.1, 0.15) is 11.2 Å². The molecule has 0 N–H and O–H groups in total. The quantitative estimate of drug-likeness (QED) is 0.172. The molecule has 0 amide bonds. The second-order valence-electron chi connectivity index (χ2n) is 14.9. The summed E-state index contributed by atoms with van der Waals surface area (Å²) in [6.45, 7) is 4.66. The molecule has 1 heterocycles. The van der Waals surface area contributed by atoms with Crippen LogP contribution in [0.5, 0.6) is 0 Å². The van der Waals surface area contributed by atoms with Crippen molar-refractivity contribution in [2.24, 2.45) is 0 Å². The van der Waals surface area contributed by atoms with Crippen LogP contribution in [-0.4, -0.2) is 0 Å². The average Bonchev–Trinajstić information content (AvgIpc) is 3.66. The number of fused-ring (bicyclic) bond motifs is 9. The van der Waals surface area contributed by atoms with Crippen molar-refractivity contribution in [3.8, 4) is 44.5 Å². The molecule has 9 aromatic carbocycles. The fourth-order valence-corrected chi connectivity index (χ4v) is 9.07. The number of benzene rings is 9. The molecule has 10 aromatic rings. The van der Waals surface area contributed by atoms with E-state index in [1.165, 1.54) is 87.8 Å². The Labute approximate surface area is 302 Å². The van der Waals surface area contributed by atoms with E-state index in [4.69, 9.17) is 4.42 Å². The van der Waals surface area contributed by atoms with Crippen molar-refractivity contribution >= 4 is 54.3 Å². The fraction of sp³-hybridized carbons (Fsp3) is 0.0588. The van der Waals surface area contributed by atoms with Crippen LogP contribution in [0.3, 0.4) is 0 Å². The zero-order chi connectivity index (χ0) is 34.6. The van der Waals surface area contributed by atoms with Crippen LogP contribution in [0, 0.1) is 0 Å². The average molecular weight is 663 g/mol. The number of hydrogen-bond donors (Lipinski definition) is 0. The third kappa shape index (κ3) is 4.17. The van der Waals surface area contributed by atoms with E-state index < -0.39 is 0 Å². The van der Waals surface area contributed by atoms with Gasteiger partial charge in [-0.2, -0.15) is 0 Å². The summed E-state index contributed by atoms with van der Waals surface area (Å²) in [6, 6.07) is 62.4. The Morgan fingerprint density at radius 3 is 1.63 bits per heavy atom. The van der Waals surface area contributed by atoms with E-state index in [9.17, 15) is 0 Å². The fourth-order valence-electron chi connectivity index (χ4n) is 9.07. The highest BCUT2D eigenvalue weighted by Gasteiger charge is 2.36. The van der Waals surface area contributed by atoms with Gasteiger partial charge in [-0.15, -0.1) is 0 Å². The summed E-state index contributed by atoms with van der Waals surface area (Å²) < 4.78 is 6.58. The van der Waals surface area contributed by atoms with Gasteiger partial charge in [0.2, 0.25) is 0 Å². The van der Waals surface area contributed by atoms with Crippen LogP contribution in [0.15, 0.2) is 174 Å². The van der Waals surface area contributed by atoms with Gasteiger partial charge in [0.15, 0.2) is 0 Å². The zero-order valence-electron chi connectivity index (χ0n) is 29.1. The van der Waals surface area contributed by atoms with Gasteiger partial charge in [-0.3, -0.25) is 0 Å². The van der Waals surface area contributed by atoms with Crippen molar-refractivity contribution in [3.63, 3.8) is 0 Å². The van der Waals surface area contributed by atoms with Gasteiger partial charge in [-0.05, 0) is 118 Å². The van der Waals surface area contributed by atoms with E-state index in [0.29, 0.717) is 0 Å². The maximum Gasteiger partial charge on any atom is 0.136 e. The molecule has 0 spiro atoms. The summed E-state index contributed by atoms with van der Waals surface area (Å²) >= 11 is 0. The maximum absolute atomic E-state index is 6.58. The lowest BCUT2D eigenvalue weighted by atomic mass is 9.82. The molecule has 52 heavy (non-hydrogen) atoms. The highest BCUT2D eigenvalue weighted by atomic mass is 16.3. The Kier molecular flexibility index (Phi) is 6.08. The van der Waals surface area contributed by atoms with Gasteiger partial charge in [0.25, 0.3) is 0 Å². The SMILES string of the molecule is CC1(C)c2ccccc2-c2cc3oc4cc(-c5ccc(-c6c7ccccc7c(-c7ccc8ccccc8c7)c7ccccc67)cc5)ccc4c3cc21. The van der Waals surface area contributed by atoms with Crippen LogP contribution in [0.4, 0.5) is 0 Å². The highest BCUT2D eigenvalue weighted by Crippen LogP contribution is 2.51. The third-order valence-corrected chi connectivity index (χ3v) is 11.7. The minimum Gasteiger partial charge on any atom is -0.456 e. The Hall–Kier alpha value is -6.44. The molecule has 1 aliphatic carbocycles. The lowest BCUT2D eigenvalue weighted by molar-refractivity contribution is 0.658. The second-order valence-corrected chi connectivity index (χ2v) is 14.9. The number of rotatable bonds is 3. The van der Waals surface area contributed by atoms with E-state index >= 15 is 0 Å². The molecule has 0 fully saturated rings. The minimum absolute atomic E-state index is 0.0429. The molecule has 0 bridgehead atoms. The van der Waals surface area contributed by atoms with Crippen molar-refractivity contribution in [2.75, 3.05) is 0 Å². The van der Waals surface area contributed by atoms with Crippen LogP contribution >= 0.6 is 0 Å². The summed E-state index contributed by atoms with van der Waals surface area (Å²) in [5, 5.41) is 9.92. The van der Waals surface area contributed by atoms with Gasteiger partial charge in [-0.25, -0.2) is 0 Å². The molecule has 0 saturated carbocycles. The predicted molar refractivity (Wildman–Crippen MR) is 220 cm³/mol. The van der Waals surface area contributed by atoms with Crippen molar-refractivity contribution in [2.45, 2.75) is 19.3 Å². The molecular formula is C51H34O. The second kappa shape index (κ2) is 10.8. The smallest absolute Gasteiger partial charge is 0.136 e. The molecule has 0 radical (unpaired) electrons. The van der Waals surface area contributed by atoms with Gasteiger partial charge in [-0.1, -0.05) is 153 Å². The summed E-state index contributed by atoms with van der Waals surface area (Å²) in [6.07, 6.45) is 0. The molecule has 1 heteroatoms. The van der Waals surface area contributed by atoms with Gasteiger partial charge < -0.3 is 4.42 Å². The van der Waals surface area contributed by atoms with E-state index in [1.54, 1.807) is 0 Å². The zero-order valence-corrected chi connectivity index (χ0v) is 29.1. The summed E-state index contributed by atoms with van der Waals surface area (Å²) in [7, 11) is 0. The normalized spacial score (nSPS) is 13.3. The van der Waals surface area contributed by atoms with E-state index in [2.05, 4.69) is 184 Å². The summed E-state index contributed by atoms with van der Waals surface area (Å²) in [4.78, 5) is 0. The summed E-state index contributed by atoms with van der Waals surface area (Å²) in [5.74, 6) is 0. The monoisotopic (exact) mass is 662 g/mol. The van der Waals surface area contributed by atoms with Crippen LogP contribution in [0.1, 0.15) is 25.0 Å². The Morgan fingerprint density at radius 2 is 0.904 bits per heavy atom. The highest BCUT2D eigenvalue weighted by molar-refractivity contribution is 6.21. The van der Waals surface area contributed by atoms with Crippen LogP contribution in [0.2, 0.25) is 0 Å². The largest absolute Gasteiger partial charge is 0.456 e. The number of hydrogen-bond acceptors (Lipinski definition) is 1. The van der Waals surface area contributed by atoms with Crippen molar-refractivity contribution < 1.29 is 4.42 Å².